The second-order valence-electron chi connectivity index (χ2n) is 4.98. The molecule has 5 nitrogen and oxygen atoms in total. The van der Waals surface area contributed by atoms with Gasteiger partial charge in [0.15, 0.2) is 0 Å². The van der Waals surface area contributed by atoms with Crippen LogP contribution < -0.4 is 5.43 Å². The predicted molar refractivity (Wildman–Crippen MR) is 101 cm³/mol. The molecule has 0 aliphatic rings. The van der Waals surface area contributed by atoms with Crippen LogP contribution >= 0.6 is 34.8 Å². The van der Waals surface area contributed by atoms with Gasteiger partial charge < -0.3 is 0 Å². The third-order valence-electron chi connectivity index (χ3n) is 3.33. The number of carbonyl (C=O) groups is 1. The fourth-order valence-electron chi connectivity index (χ4n) is 2.09. The van der Waals surface area contributed by atoms with E-state index < -0.39 is 5.91 Å². The molecule has 25 heavy (non-hydrogen) atoms. The van der Waals surface area contributed by atoms with Crippen LogP contribution in [0.25, 0.3) is 11.3 Å². The van der Waals surface area contributed by atoms with E-state index in [0.717, 1.165) is 5.56 Å². The molecule has 0 aliphatic heterocycles. The third-order valence-corrected chi connectivity index (χ3v) is 4.32. The van der Waals surface area contributed by atoms with Crippen molar-refractivity contribution in [2.45, 2.75) is 0 Å². The first-order valence-corrected chi connectivity index (χ1v) is 8.27. The number of amides is 1. The lowest BCUT2D eigenvalue weighted by Gasteiger charge is -2.00. The van der Waals surface area contributed by atoms with Gasteiger partial charge in [0.2, 0.25) is 0 Å². The molecule has 0 saturated heterocycles. The van der Waals surface area contributed by atoms with Crippen molar-refractivity contribution in [3.63, 3.8) is 0 Å². The summed E-state index contributed by atoms with van der Waals surface area (Å²) in [5, 5.41) is 12.1. The van der Waals surface area contributed by atoms with E-state index in [2.05, 4.69) is 20.7 Å². The Balaban J connectivity index is 1.73. The monoisotopic (exact) mass is 392 g/mol. The van der Waals surface area contributed by atoms with Gasteiger partial charge >= 0.3 is 0 Å². The van der Waals surface area contributed by atoms with Gasteiger partial charge in [0.25, 0.3) is 5.91 Å². The summed E-state index contributed by atoms with van der Waals surface area (Å²) in [5.41, 5.74) is 4.45. The zero-order chi connectivity index (χ0) is 17.8. The van der Waals surface area contributed by atoms with Gasteiger partial charge in [0, 0.05) is 11.1 Å². The Hall–Kier alpha value is -2.34. The Morgan fingerprint density at radius 3 is 2.44 bits per heavy atom. The highest BCUT2D eigenvalue weighted by atomic mass is 35.5. The average Bonchev–Trinajstić information content (AvgIpc) is 3.08. The Bertz CT molecular complexity index is 932. The molecule has 3 aromatic rings. The lowest BCUT2D eigenvalue weighted by molar-refractivity contribution is 0.0950. The number of hydrazone groups is 1. The van der Waals surface area contributed by atoms with Crippen molar-refractivity contribution in [2.24, 2.45) is 5.10 Å². The zero-order valence-corrected chi connectivity index (χ0v) is 14.9. The Kier molecular flexibility index (Phi) is 5.38. The van der Waals surface area contributed by atoms with E-state index in [4.69, 9.17) is 34.8 Å². The second kappa shape index (κ2) is 7.70. The van der Waals surface area contributed by atoms with Gasteiger partial charge in [0.1, 0.15) is 5.69 Å². The first-order valence-electron chi connectivity index (χ1n) is 7.14. The molecule has 0 unspecified atom stereocenters. The van der Waals surface area contributed by atoms with Gasteiger partial charge in [-0.15, -0.1) is 0 Å². The molecule has 1 amide bonds. The molecule has 2 aromatic carbocycles. The van der Waals surface area contributed by atoms with E-state index in [-0.39, 0.29) is 5.69 Å². The molecule has 0 fully saturated rings. The van der Waals surface area contributed by atoms with Gasteiger partial charge in [-0.05, 0) is 24.3 Å². The number of aromatic amines is 1. The standard InChI is InChI=1S/C17H11Cl3N4O/c18-12-5-2-1-4-10(12)15-8-16(23-22-15)17(25)24-21-9-11-13(19)6-3-7-14(11)20/h1-9H,(H,22,23)(H,24,25). The molecule has 2 N–H and O–H groups in total. The van der Waals surface area contributed by atoms with Crippen LogP contribution in [0.4, 0.5) is 0 Å². The SMILES string of the molecule is O=C(NN=Cc1c(Cl)cccc1Cl)c1cc(-c2ccccc2Cl)n[nH]1. The number of hydrogen-bond donors (Lipinski definition) is 2. The number of H-pyrrole nitrogens is 1. The first-order chi connectivity index (χ1) is 12.1. The van der Waals surface area contributed by atoms with Gasteiger partial charge in [-0.3, -0.25) is 9.89 Å². The molecule has 1 aromatic heterocycles. The molecule has 1 heterocycles. The van der Waals surface area contributed by atoms with Crippen LogP contribution in [0.1, 0.15) is 16.1 Å². The summed E-state index contributed by atoms with van der Waals surface area (Å²) >= 11 is 18.2. The Morgan fingerprint density at radius 2 is 1.72 bits per heavy atom. The molecule has 0 aliphatic carbocycles. The normalized spacial score (nSPS) is 11.0. The van der Waals surface area contributed by atoms with Gasteiger partial charge in [0.05, 0.1) is 27.0 Å². The smallest absolute Gasteiger partial charge is 0.272 e. The molecule has 0 radical (unpaired) electrons. The van der Waals surface area contributed by atoms with Crippen molar-refractivity contribution >= 4 is 46.9 Å². The lowest BCUT2D eigenvalue weighted by Crippen LogP contribution is -2.18. The molecule has 0 saturated carbocycles. The van der Waals surface area contributed by atoms with E-state index in [0.29, 0.717) is 26.3 Å². The largest absolute Gasteiger partial charge is 0.289 e. The quantitative estimate of drug-likeness (QED) is 0.494. The highest BCUT2D eigenvalue weighted by Gasteiger charge is 2.12. The van der Waals surface area contributed by atoms with Crippen LogP contribution in [0.5, 0.6) is 0 Å². The van der Waals surface area contributed by atoms with E-state index in [1.807, 2.05) is 18.2 Å². The number of hydrogen-bond acceptors (Lipinski definition) is 3. The first kappa shape index (κ1) is 17.5. The van der Waals surface area contributed by atoms with E-state index in [9.17, 15) is 4.79 Å². The van der Waals surface area contributed by atoms with E-state index in [1.54, 1.807) is 30.3 Å². The summed E-state index contributed by atoms with van der Waals surface area (Å²) < 4.78 is 0. The predicted octanol–water partition coefficient (Wildman–Crippen LogP) is 4.80. The van der Waals surface area contributed by atoms with E-state index in [1.165, 1.54) is 6.21 Å². The van der Waals surface area contributed by atoms with Crippen molar-refractivity contribution in [3.8, 4) is 11.3 Å². The van der Waals surface area contributed by atoms with Gasteiger partial charge in [-0.2, -0.15) is 10.2 Å². The minimum atomic E-state index is -0.453. The maximum Gasteiger partial charge on any atom is 0.289 e. The molecule has 8 heteroatoms. The van der Waals surface area contributed by atoms with Crippen LogP contribution in [-0.4, -0.2) is 22.3 Å². The average molecular weight is 394 g/mol. The summed E-state index contributed by atoms with van der Waals surface area (Å²) in [6.07, 6.45) is 1.38. The minimum absolute atomic E-state index is 0.248. The fraction of sp³-hybridized carbons (Fsp3) is 0. The Morgan fingerprint density at radius 1 is 1.04 bits per heavy atom. The topological polar surface area (TPSA) is 70.1 Å². The number of nitrogens with one attached hydrogen (secondary N) is 2. The summed E-state index contributed by atoms with van der Waals surface area (Å²) in [6.45, 7) is 0. The third kappa shape index (κ3) is 4.02. The van der Waals surface area contributed by atoms with Crippen LogP contribution in [0.15, 0.2) is 53.6 Å². The summed E-state index contributed by atoms with van der Waals surface area (Å²) in [6, 6.07) is 13.9. The van der Waals surface area contributed by atoms with Gasteiger partial charge in [-0.25, -0.2) is 5.43 Å². The molecule has 126 valence electrons. The minimum Gasteiger partial charge on any atom is -0.272 e. The summed E-state index contributed by atoms with van der Waals surface area (Å²) in [4.78, 5) is 12.1. The molecular formula is C17H11Cl3N4O. The molecule has 3 rings (SSSR count). The molecular weight excluding hydrogens is 383 g/mol. The zero-order valence-electron chi connectivity index (χ0n) is 12.6. The van der Waals surface area contributed by atoms with Crippen molar-refractivity contribution in [2.75, 3.05) is 0 Å². The molecule has 0 bridgehead atoms. The summed E-state index contributed by atoms with van der Waals surface area (Å²) in [5.74, 6) is -0.453. The maximum atomic E-state index is 12.1. The van der Waals surface area contributed by atoms with Crippen LogP contribution in [0.3, 0.4) is 0 Å². The fourth-order valence-corrected chi connectivity index (χ4v) is 2.82. The number of aromatic nitrogens is 2. The van der Waals surface area contributed by atoms with Crippen molar-refractivity contribution in [1.29, 1.82) is 0 Å². The lowest BCUT2D eigenvalue weighted by atomic mass is 10.1. The number of nitrogens with zero attached hydrogens (tertiary/aromatic N) is 2. The van der Waals surface area contributed by atoms with Crippen LogP contribution in [0.2, 0.25) is 15.1 Å². The van der Waals surface area contributed by atoms with E-state index >= 15 is 0 Å². The summed E-state index contributed by atoms with van der Waals surface area (Å²) in [7, 11) is 0. The molecule has 0 atom stereocenters. The number of halogens is 3. The van der Waals surface area contributed by atoms with Crippen molar-refractivity contribution in [1.82, 2.24) is 15.6 Å². The second-order valence-corrected chi connectivity index (χ2v) is 6.20. The van der Waals surface area contributed by atoms with Gasteiger partial charge in [-0.1, -0.05) is 59.1 Å². The maximum absolute atomic E-state index is 12.1. The molecule has 0 spiro atoms. The number of rotatable bonds is 4. The Labute approximate surface area is 158 Å². The van der Waals surface area contributed by atoms with Crippen LogP contribution in [-0.2, 0) is 0 Å². The highest BCUT2D eigenvalue weighted by Crippen LogP contribution is 2.26. The van der Waals surface area contributed by atoms with Crippen molar-refractivity contribution in [3.05, 3.63) is 74.9 Å². The van der Waals surface area contributed by atoms with Crippen LogP contribution in [0, 0.1) is 0 Å². The number of carbonyl (C=O) groups excluding carboxylic acids is 1. The number of benzene rings is 2. The highest BCUT2D eigenvalue weighted by molar-refractivity contribution is 6.38. The van der Waals surface area contributed by atoms with Crippen molar-refractivity contribution < 1.29 is 4.79 Å².